The number of hydrogen-bond donors (Lipinski definition) is 1. The van der Waals surface area contributed by atoms with Crippen LogP contribution in [0.25, 0.3) is 0 Å². The normalized spacial score (nSPS) is 43.2. The topological polar surface area (TPSA) is 29.5 Å². The Bertz CT molecular complexity index is 639. The zero-order valence-electron chi connectivity index (χ0n) is 21.2. The summed E-state index contributed by atoms with van der Waals surface area (Å²) in [6, 6.07) is 0. The summed E-state index contributed by atoms with van der Waals surface area (Å²) in [5.41, 5.74) is 2.69. The average Bonchev–Trinajstić information content (AvgIpc) is 3.09. The highest BCUT2D eigenvalue weighted by molar-refractivity contribution is 5.25. The second kappa shape index (κ2) is 9.49. The number of fused-ring (bicyclic) bond motifs is 5. The molecule has 0 heterocycles. The molecule has 178 valence electrons. The standard InChI is InChI=1S/C29H50O2/c1-20(2)7-6-8-21(3)25-11-12-26-24-10-9-22-19-23(31-18-17-30)13-15-28(22,4)27(24)14-16-29(25,26)5/h9,20-21,23-27,30H,6-8,10-19H2,1-5H3/t21-,23-,24-,25-,26+,27-,28-,29+/m0/s1. The molecule has 1 N–H and O–H groups in total. The summed E-state index contributed by atoms with van der Waals surface area (Å²) >= 11 is 0. The molecule has 0 aromatic heterocycles. The van der Waals surface area contributed by atoms with Crippen LogP contribution in [0.4, 0.5) is 0 Å². The SMILES string of the molecule is CC(C)CCC[C@H](C)[C@@H]1CC[C@@H]2[C@@H]3CC=C4C[C@@H](OCCO)CC[C@]4(C)[C@H]3CC[C@@]21C. The molecule has 0 aromatic carbocycles. The van der Waals surface area contributed by atoms with Crippen molar-refractivity contribution in [2.75, 3.05) is 13.2 Å². The summed E-state index contributed by atoms with van der Waals surface area (Å²) in [7, 11) is 0. The molecule has 3 fully saturated rings. The summed E-state index contributed by atoms with van der Waals surface area (Å²) < 4.78 is 5.94. The first-order valence-corrected chi connectivity index (χ1v) is 13.7. The monoisotopic (exact) mass is 430 g/mol. The van der Waals surface area contributed by atoms with Crippen LogP contribution in [0.3, 0.4) is 0 Å². The Hall–Kier alpha value is -0.340. The molecule has 0 aromatic rings. The van der Waals surface area contributed by atoms with Crippen LogP contribution in [0.15, 0.2) is 11.6 Å². The van der Waals surface area contributed by atoms with Gasteiger partial charge in [-0.1, -0.05) is 65.5 Å². The predicted molar refractivity (Wildman–Crippen MR) is 130 cm³/mol. The van der Waals surface area contributed by atoms with Crippen LogP contribution in [0.2, 0.25) is 0 Å². The Morgan fingerprint density at radius 2 is 1.84 bits per heavy atom. The van der Waals surface area contributed by atoms with Crippen LogP contribution in [-0.2, 0) is 4.74 Å². The molecule has 4 rings (SSSR count). The maximum absolute atomic E-state index is 9.14. The van der Waals surface area contributed by atoms with Gasteiger partial charge in [-0.25, -0.2) is 0 Å². The molecule has 0 amide bonds. The summed E-state index contributed by atoms with van der Waals surface area (Å²) in [6.45, 7) is 13.3. The highest BCUT2D eigenvalue weighted by atomic mass is 16.5. The van der Waals surface area contributed by atoms with Gasteiger partial charge in [0.25, 0.3) is 0 Å². The van der Waals surface area contributed by atoms with Crippen molar-refractivity contribution in [2.45, 2.75) is 111 Å². The van der Waals surface area contributed by atoms with Gasteiger partial charge >= 0.3 is 0 Å². The van der Waals surface area contributed by atoms with Gasteiger partial charge in [0, 0.05) is 0 Å². The van der Waals surface area contributed by atoms with E-state index in [-0.39, 0.29) is 6.61 Å². The molecule has 0 saturated heterocycles. The maximum atomic E-state index is 9.14. The average molecular weight is 431 g/mol. The lowest BCUT2D eigenvalue weighted by Crippen LogP contribution is -2.51. The minimum atomic E-state index is 0.148. The van der Waals surface area contributed by atoms with E-state index in [1.165, 1.54) is 64.2 Å². The molecule has 4 aliphatic carbocycles. The summed E-state index contributed by atoms with van der Waals surface area (Å²) in [6.07, 6.45) is 18.0. The van der Waals surface area contributed by atoms with E-state index in [4.69, 9.17) is 9.84 Å². The van der Waals surface area contributed by atoms with E-state index in [1.807, 2.05) is 0 Å². The largest absolute Gasteiger partial charge is 0.394 e. The van der Waals surface area contributed by atoms with Crippen LogP contribution in [-0.4, -0.2) is 24.4 Å². The third-order valence-electron chi connectivity index (χ3n) is 10.7. The third-order valence-corrected chi connectivity index (χ3v) is 10.7. The number of rotatable bonds is 8. The Morgan fingerprint density at radius 1 is 1.03 bits per heavy atom. The Morgan fingerprint density at radius 3 is 2.58 bits per heavy atom. The molecule has 0 bridgehead atoms. The van der Waals surface area contributed by atoms with Crippen molar-refractivity contribution in [2.24, 2.45) is 46.3 Å². The van der Waals surface area contributed by atoms with Gasteiger partial charge in [0.1, 0.15) is 0 Å². The quantitative estimate of drug-likeness (QED) is 0.406. The van der Waals surface area contributed by atoms with Crippen molar-refractivity contribution in [1.29, 1.82) is 0 Å². The van der Waals surface area contributed by atoms with Gasteiger partial charge in [-0.2, -0.15) is 0 Å². The summed E-state index contributed by atoms with van der Waals surface area (Å²) in [5.74, 6) is 5.44. The minimum absolute atomic E-state index is 0.148. The first kappa shape index (κ1) is 23.8. The van der Waals surface area contributed by atoms with Crippen molar-refractivity contribution >= 4 is 0 Å². The van der Waals surface area contributed by atoms with Gasteiger partial charge in [0.2, 0.25) is 0 Å². The van der Waals surface area contributed by atoms with Crippen molar-refractivity contribution < 1.29 is 9.84 Å². The highest BCUT2D eigenvalue weighted by Gasteiger charge is 2.59. The second-order valence-electron chi connectivity index (χ2n) is 12.7. The van der Waals surface area contributed by atoms with Crippen LogP contribution in [0.1, 0.15) is 105 Å². The van der Waals surface area contributed by atoms with Crippen LogP contribution in [0, 0.1) is 46.3 Å². The van der Waals surface area contributed by atoms with Crippen molar-refractivity contribution in [3.05, 3.63) is 11.6 Å². The van der Waals surface area contributed by atoms with E-state index >= 15 is 0 Å². The molecule has 31 heavy (non-hydrogen) atoms. The smallest absolute Gasteiger partial charge is 0.0701 e. The first-order valence-electron chi connectivity index (χ1n) is 13.7. The summed E-state index contributed by atoms with van der Waals surface area (Å²) in [4.78, 5) is 0. The fraction of sp³-hybridized carbons (Fsp3) is 0.931. The molecule has 4 aliphatic rings. The van der Waals surface area contributed by atoms with Crippen molar-refractivity contribution in [3.63, 3.8) is 0 Å². The maximum Gasteiger partial charge on any atom is 0.0701 e. The van der Waals surface area contributed by atoms with Gasteiger partial charge in [0.15, 0.2) is 0 Å². The van der Waals surface area contributed by atoms with Crippen molar-refractivity contribution in [1.82, 2.24) is 0 Å². The van der Waals surface area contributed by atoms with Gasteiger partial charge in [0.05, 0.1) is 19.3 Å². The zero-order valence-corrected chi connectivity index (χ0v) is 21.2. The lowest BCUT2D eigenvalue weighted by Gasteiger charge is -2.58. The molecular formula is C29H50O2. The molecule has 0 aliphatic heterocycles. The highest BCUT2D eigenvalue weighted by Crippen LogP contribution is 2.67. The fourth-order valence-corrected chi connectivity index (χ4v) is 9.01. The summed E-state index contributed by atoms with van der Waals surface area (Å²) in [5, 5.41) is 9.14. The Balaban J connectivity index is 1.45. The van der Waals surface area contributed by atoms with E-state index in [0.717, 1.165) is 41.9 Å². The molecule has 8 atom stereocenters. The Labute approximate surface area is 192 Å². The van der Waals surface area contributed by atoms with Gasteiger partial charge < -0.3 is 9.84 Å². The number of allylic oxidation sites excluding steroid dienone is 1. The lowest BCUT2D eigenvalue weighted by atomic mass is 9.47. The van der Waals surface area contributed by atoms with Crippen LogP contribution < -0.4 is 0 Å². The molecule has 2 nitrogen and oxygen atoms in total. The van der Waals surface area contributed by atoms with Gasteiger partial charge in [-0.3, -0.25) is 0 Å². The van der Waals surface area contributed by atoms with E-state index in [9.17, 15) is 0 Å². The van der Waals surface area contributed by atoms with Crippen LogP contribution in [0.5, 0.6) is 0 Å². The molecule has 2 heteroatoms. The zero-order chi connectivity index (χ0) is 22.2. The van der Waals surface area contributed by atoms with E-state index in [0.29, 0.717) is 23.5 Å². The van der Waals surface area contributed by atoms with Gasteiger partial charge in [-0.05, 0) is 97.7 Å². The van der Waals surface area contributed by atoms with E-state index in [1.54, 1.807) is 5.57 Å². The number of hydrogen-bond acceptors (Lipinski definition) is 2. The molecule has 3 saturated carbocycles. The number of aliphatic hydroxyl groups excluding tert-OH is 1. The molecular weight excluding hydrogens is 380 g/mol. The van der Waals surface area contributed by atoms with Crippen LogP contribution >= 0.6 is 0 Å². The Kier molecular flexibility index (Phi) is 7.29. The van der Waals surface area contributed by atoms with Crippen molar-refractivity contribution in [3.8, 4) is 0 Å². The predicted octanol–water partition coefficient (Wildman–Crippen LogP) is 7.41. The molecule has 0 unspecified atom stereocenters. The molecule has 0 spiro atoms. The minimum Gasteiger partial charge on any atom is -0.394 e. The van der Waals surface area contributed by atoms with Gasteiger partial charge in [-0.15, -0.1) is 0 Å². The first-order chi connectivity index (χ1) is 14.8. The second-order valence-corrected chi connectivity index (χ2v) is 12.7. The molecule has 0 radical (unpaired) electrons. The van der Waals surface area contributed by atoms with E-state index < -0.39 is 0 Å². The van der Waals surface area contributed by atoms with E-state index in [2.05, 4.69) is 40.7 Å². The lowest BCUT2D eigenvalue weighted by molar-refractivity contribution is -0.0658. The third kappa shape index (κ3) is 4.42. The fourth-order valence-electron chi connectivity index (χ4n) is 9.01. The number of aliphatic hydroxyl groups is 1. The number of ether oxygens (including phenoxy) is 1.